The van der Waals surface area contributed by atoms with Crippen molar-refractivity contribution in [3.8, 4) is 0 Å². The van der Waals surface area contributed by atoms with Crippen molar-refractivity contribution in [3.63, 3.8) is 0 Å². The molecule has 0 aromatic heterocycles. The summed E-state index contributed by atoms with van der Waals surface area (Å²) in [5.74, 6) is 0.334. The molecule has 1 aliphatic carbocycles. The fraction of sp³-hybridized carbons (Fsp3) is 0.588. The predicted molar refractivity (Wildman–Crippen MR) is 80.3 cm³/mol. The Morgan fingerprint density at radius 3 is 2.80 bits per heavy atom. The van der Waals surface area contributed by atoms with Crippen molar-refractivity contribution in [2.75, 3.05) is 6.61 Å². The highest BCUT2D eigenvalue weighted by molar-refractivity contribution is 6.31. The number of rotatable bonds is 2. The standard InChI is InChI=1S/C17H21ClO2/c18-15-6-4-5-13(11-15)16(19)14-7-10-20-17(12-14)8-2-1-3-9-17/h4-6,11,14H,1-3,7-10,12H2. The maximum atomic E-state index is 12.7. The second-order valence-corrected chi connectivity index (χ2v) is 6.59. The topological polar surface area (TPSA) is 26.3 Å². The van der Waals surface area contributed by atoms with Gasteiger partial charge >= 0.3 is 0 Å². The number of Topliss-reactive ketones (excluding diaryl/α,β-unsaturated/α-hetero) is 1. The molecule has 1 saturated carbocycles. The third-order valence-electron chi connectivity index (χ3n) is 4.74. The maximum absolute atomic E-state index is 12.7. The maximum Gasteiger partial charge on any atom is 0.166 e. The van der Waals surface area contributed by atoms with Crippen molar-refractivity contribution in [1.82, 2.24) is 0 Å². The lowest BCUT2D eigenvalue weighted by molar-refractivity contribution is -0.111. The summed E-state index contributed by atoms with van der Waals surface area (Å²) in [5, 5.41) is 0.635. The van der Waals surface area contributed by atoms with E-state index in [4.69, 9.17) is 16.3 Å². The summed E-state index contributed by atoms with van der Waals surface area (Å²) < 4.78 is 6.07. The quantitative estimate of drug-likeness (QED) is 0.742. The molecule has 1 saturated heterocycles. The highest BCUT2D eigenvalue weighted by Crippen LogP contribution is 2.41. The minimum absolute atomic E-state index is 0.0185. The molecule has 1 aromatic carbocycles. The van der Waals surface area contributed by atoms with Crippen LogP contribution in [0.2, 0.25) is 5.02 Å². The lowest BCUT2D eigenvalue weighted by atomic mass is 9.74. The van der Waals surface area contributed by atoms with Crippen molar-refractivity contribution in [2.45, 2.75) is 50.5 Å². The average molecular weight is 293 g/mol. The molecule has 1 aromatic rings. The molecule has 1 spiro atoms. The van der Waals surface area contributed by atoms with Gasteiger partial charge in [-0.2, -0.15) is 0 Å². The molecule has 0 amide bonds. The van der Waals surface area contributed by atoms with Gasteiger partial charge in [0.15, 0.2) is 5.78 Å². The van der Waals surface area contributed by atoms with Gasteiger partial charge in [0.2, 0.25) is 0 Å². The number of benzene rings is 1. The van der Waals surface area contributed by atoms with E-state index in [1.54, 1.807) is 6.07 Å². The van der Waals surface area contributed by atoms with Crippen LogP contribution in [0.15, 0.2) is 24.3 Å². The van der Waals surface area contributed by atoms with Crippen molar-refractivity contribution < 1.29 is 9.53 Å². The first-order valence-electron chi connectivity index (χ1n) is 7.62. The molecule has 2 nitrogen and oxygen atoms in total. The van der Waals surface area contributed by atoms with Gasteiger partial charge in [0.1, 0.15) is 0 Å². The van der Waals surface area contributed by atoms with E-state index < -0.39 is 0 Å². The number of carbonyl (C=O) groups excluding carboxylic acids is 1. The molecule has 108 valence electrons. The largest absolute Gasteiger partial charge is 0.375 e. The normalized spacial score (nSPS) is 25.6. The van der Waals surface area contributed by atoms with E-state index in [2.05, 4.69) is 0 Å². The summed E-state index contributed by atoms with van der Waals surface area (Å²) in [5.41, 5.74) is 0.727. The molecule has 0 radical (unpaired) electrons. The second-order valence-electron chi connectivity index (χ2n) is 6.16. The molecule has 1 heterocycles. The highest BCUT2D eigenvalue weighted by atomic mass is 35.5. The van der Waals surface area contributed by atoms with E-state index >= 15 is 0 Å². The molecule has 3 heteroatoms. The Kier molecular flexibility index (Phi) is 4.13. The number of hydrogen-bond acceptors (Lipinski definition) is 2. The van der Waals surface area contributed by atoms with Gasteiger partial charge in [-0.3, -0.25) is 4.79 Å². The Balaban J connectivity index is 1.74. The zero-order chi connectivity index (χ0) is 14.0. The van der Waals surface area contributed by atoms with Crippen LogP contribution in [-0.2, 0) is 4.74 Å². The Bertz CT molecular complexity index is 486. The molecule has 0 bridgehead atoms. The summed E-state index contributed by atoms with van der Waals surface area (Å²) in [4.78, 5) is 12.7. The Labute approximate surface area is 125 Å². The summed E-state index contributed by atoms with van der Waals surface area (Å²) in [7, 11) is 0. The van der Waals surface area contributed by atoms with Gasteiger partial charge in [0.05, 0.1) is 5.60 Å². The Hall–Kier alpha value is -0.860. The zero-order valence-corrected chi connectivity index (χ0v) is 12.5. The van der Waals surface area contributed by atoms with Crippen molar-refractivity contribution in [1.29, 1.82) is 0 Å². The van der Waals surface area contributed by atoms with E-state index in [0.29, 0.717) is 5.02 Å². The van der Waals surface area contributed by atoms with Crippen LogP contribution in [0.3, 0.4) is 0 Å². The first-order chi connectivity index (χ1) is 9.69. The molecule has 1 atom stereocenters. The van der Waals surface area contributed by atoms with E-state index in [9.17, 15) is 4.79 Å². The van der Waals surface area contributed by atoms with E-state index in [-0.39, 0.29) is 17.3 Å². The fourth-order valence-electron chi connectivity index (χ4n) is 3.67. The number of ketones is 1. The summed E-state index contributed by atoms with van der Waals surface area (Å²) in [6.07, 6.45) is 7.73. The van der Waals surface area contributed by atoms with Gasteiger partial charge in [-0.25, -0.2) is 0 Å². The predicted octanol–water partition coefficient (Wildman–Crippen LogP) is 4.65. The molecule has 2 aliphatic rings. The van der Waals surface area contributed by atoms with Gasteiger partial charge in [0, 0.05) is 23.1 Å². The number of carbonyl (C=O) groups is 1. The molecular formula is C17H21ClO2. The van der Waals surface area contributed by atoms with Crippen LogP contribution in [0.5, 0.6) is 0 Å². The van der Waals surface area contributed by atoms with Gasteiger partial charge in [-0.05, 0) is 37.8 Å². The van der Waals surface area contributed by atoms with Gasteiger partial charge < -0.3 is 4.74 Å². The molecule has 0 N–H and O–H groups in total. The zero-order valence-electron chi connectivity index (χ0n) is 11.7. The Morgan fingerprint density at radius 2 is 2.05 bits per heavy atom. The van der Waals surface area contributed by atoms with Crippen LogP contribution in [0.1, 0.15) is 55.3 Å². The van der Waals surface area contributed by atoms with Crippen molar-refractivity contribution in [2.24, 2.45) is 5.92 Å². The second kappa shape index (κ2) is 5.87. The number of hydrogen-bond donors (Lipinski definition) is 0. The fourth-order valence-corrected chi connectivity index (χ4v) is 3.86. The van der Waals surface area contributed by atoms with E-state index in [1.807, 2.05) is 18.2 Å². The van der Waals surface area contributed by atoms with Crippen LogP contribution in [0.4, 0.5) is 0 Å². The van der Waals surface area contributed by atoms with E-state index in [0.717, 1.165) is 37.9 Å². The molecular weight excluding hydrogens is 272 g/mol. The van der Waals surface area contributed by atoms with Gasteiger partial charge in [0.25, 0.3) is 0 Å². The van der Waals surface area contributed by atoms with Crippen LogP contribution >= 0.6 is 11.6 Å². The summed E-state index contributed by atoms with van der Waals surface area (Å²) in [6, 6.07) is 7.32. The molecule has 20 heavy (non-hydrogen) atoms. The number of ether oxygens (including phenoxy) is 1. The van der Waals surface area contributed by atoms with Crippen LogP contribution in [0, 0.1) is 5.92 Å². The summed E-state index contributed by atoms with van der Waals surface area (Å²) >= 11 is 5.99. The monoisotopic (exact) mass is 292 g/mol. The summed E-state index contributed by atoms with van der Waals surface area (Å²) in [6.45, 7) is 0.719. The molecule has 3 rings (SSSR count). The van der Waals surface area contributed by atoms with E-state index in [1.165, 1.54) is 19.3 Å². The highest BCUT2D eigenvalue weighted by Gasteiger charge is 2.40. The Morgan fingerprint density at radius 1 is 1.25 bits per heavy atom. The number of halogens is 1. The lowest BCUT2D eigenvalue weighted by Crippen LogP contribution is -2.43. The molecule has 2 fully saturated rings. The smallest absolute Gasteiger partial charge is 0.166 e. The molecule has 1 aliphatic heterocycles. The lowest BCUT2D eigenvalue weighted by Gasteiger charge is -2.43. The first-order valence-corrected chi connectivity index (χ1v) is 8.00. The third-order valence-corrected chi connectivity index (χ3v) is 4.97. The molecule has 1 unspecified atom stereocenters. The van der Waals surface area contributed by atoms with Crippen LogP contribution in [-0.4, -0.2) is 18.0 Å². The third kappa shape index (κ3) is 2.91. The minimum atomic E-state index is -0.0185. The SMILES string of the molecule is O=C(c1cccc(Cl)c1)C1CCOC2(CCCCC2)C1. The van der Waals surface area contributed by atoms with Crippen molar-refractivity contribution >= 4 is 17.4 Å². The first kappa shape index (κ1) is 14.1. The minimum Gasteiger partial charge on any atom is -0.375 e. The van der Waals surface area contributed by atoms with Crippen molar-refractivity contribution in [3.05, 3.63) is 34.9 Å². The van der Waals surface area contributed by atoms with Gasteiger partial charge in [-0.15, -0.1) is 0 Å². The van der Waals surface area contributed by atoms with Crippen LogP contribution in [0.25, 0.3) is 0 Å². The van der Waals surface area contributed by atoms with Crippen LogP contribution < -0.4 is 0 Å². The van der Waals surface area contributed by atoms with Gasteiger partial charge in [-0.1, -0.05) is 43.0 Å². The average Bonchev–Trinajstić information content (AvgIpc) is 2.47.